The first-order valence-electron chi connectivity index (χ1n) is 5.95. The second-order valence-corrected chi connectivity index (χ2v) is 4.12. The zero-order chi connectivity index (χ0) is 14.5. The Balaban J connectivity index is 2.23. The molecule has 0 saturated carbocycles. The third kappa shape index (κ3) is 2.99. The fraction of sp³-hybridized carbons (Fsp3) is 0.0714. The van der Waals surface area contributed by atoms with E-state index in [-0.39, 0.29) is 18.1 Å². The number of carbonyl (C=O) groups excluding carboxylic acids is 1. The molecule has 2 aromatic carbocycles. The maximum Gasteiger partial charge on any atom is 0.271 e. The standard InChI is InChI=1S/C14H13N3O3/c15-9-10-4-1-2-7-13(10)14(18)16-11-5-3-6-12(8-11)17(19)20/h1-8H,9,15H2,(H,16,18). The van der Waals surface area contributed by atoms with E-state index in [1.54, 1.807) is 30.3 Å². The molecule has 1 amide bonds. The summed E-state index contributed by atoms with van der Waals surface area (Å²) in [6, 6.07) is 12.7. The second kappa shape index (κ2) is 5.94. The van der Waals surface area contributed by atoms with E-state index >= 15 is 0 Å². The lowest BCUT2D eigenvalue weighted by Gasteiger charge is -2.08. The molecule has 0 bridgehead atoms. The number of anilines is 1. The number of hydrogen-bond acceptors (Lipinski definition) is 4. The van der Waals surface area contributed by atoms with E-state index in [1.807, 2.05) is 0 Å². The third-order valence-corrected chi connectivity index (χ3v) is 2.80. The Morgan fingerprint density at radius 2 is 1.95 bits per heavy atom. The van der Waals surface area contributed by atoms with Gasteiger partial charge in [0, 0.05) is 29.9 Å². The predicted octanol–water partition coefficient (Wildman–Crippen LogP) is 2.31. The van der Waals surface area contributed by atoms with Crippen LogP contribution in [0.4, 0.5) is 11.4 Å². The number of non-ortho nitro benzene ring substituents is 1. The molecule has 0 spiro atoms. The maximum atomic E-state index is 12.1. The summed E-state index contributed by atoms with van der Waals surface area (Å²) >= 11 is 0. The van der Waals surface area contributed by atoms with Crippen molar-refractivity contribution < 1.29 is 9.72 Å². The molecule has 6 heteroatoms. The van der Waals surface area contributed by atoms with Crippen molar-refractivity contribution in [2.75, 3.05) is 5.32 Å². The van der Waals surface area contributed by atoms with Crippen LogP contribution in [0.2, 0.25) is 0 Å². The second-order valence-electron chi connectivity index (χ2n) is 4.12. The number of nitrogens with two attached hydrogens (primary N) is 1. The molecule has 0 fully saturated rings. The lowest BCUT2D eigenvalue weighted by molar-refractivity contribution is -0.384. The van der Waals surface area contributed by atoms with Crippen molar-refractivity contribution in [3.8, 4) is 0 Å². The van der Waals surface area contributed by atoms with Crippen LogP contribution >= 0.6 is 0 Å². The molecule has 0 aliphatic rings. The van der Waals surface area contributed by atoms with Crippen molar-refractivity contribution in [3.63, 3.8) is 0 Å². The van der Waals surface area contributed by atoms with Crippen molar-refractivity contribution in [3.05, 3.63) is 69.8 Å². The molecule has 0 radical (unpaired) electrons. The number of nitrogens with one attached hydrogen (secondary N) is 1. The minimum absolute atomic E-state index is 0.0742. The van der Waals surface area contributed by atoms with Gasteiger partial charge in [0.2, 0.25) is 0 Å². The zero-order valence-electron chi connectivity index (χ0n) is 10.6. The van der Waals surface area contributed by atoms with Crippen LogP contribution in [0.25, 0.3) is 0 Å². The molecule has 6 nitrogen and oxygen atoms in total. The first-order chi connectivity index (χ1) is 9.61. The van der Waals surface area contributed by atoms with Crippen LogP contribution in [0.1, 0.15) is 15.9 Å². The van der Waals surface area contributed by atoms with Gasteiger partial charge >= 0.3 is 0 Å². The fourth-order valence-electron chi connectivity index (χ4n) is 1.82. The number of hydrogen-bond donors (Lipinski definition) is 2. The van der Waals surface area contributed by atoms with Gasteiger partial charge in [-0.25, -0.2) is 0 Å². The first-order valence-corrected chi connectivity index (χ1v) is 5.95. The highest BCUT2D eigenvalue weighted by atomic mass is 16.6. The van der Waals surface area contributed by atoms with Crippen LogP contribution in [0, 0.1) is 10.1 Å². The number of nitro groups is 1. The van der Waals surface area contributed by atoms with Gasteiger partial charge in [-0.05, 0) is 17.7 Å². The SMILES string of the molecule is NCc1ccccc1C(=O)Nc1cccc([N+](=O)[O-])c1. The summed E-state index contributed by atoms with van der Waals surface area (Å²) in [5.74, 6) is -0.341. The summed E-state index contributed by atoms with van der Waals surface area (Å²) in [7, 11) is 0. The highest BCUT2D eigenvalue weighted by Gasteiger charge is 2.12. The van der Waals surface area contributed by atoms with Gasteiger partial charge in [-0.15, -0.1) is 0 Å². The normalized spacial score (nSPS) is 10.1. The predicted molar refractivity (Wildman–Crippen MR) is 75.4 cm³/mol. The zero-order valence-corrected chi connectivity index (χ0v) is 10.6. The largest absolute Gasteiger partial charge is 0.326 e. The highest BCUT2D eigenvalue weighted by Crippen LogP contribution is 2.18. The van der Waals surface area contributed by atoms with Crippen LogP contribution in [-0.2, 0) is 6.54 Å². The number of rotatable bonds is 4. The van der Waals surface area contributed by atoms with E-state index in [0.717, 1.165) is 5.56 Å². The molecule has 2 aromatic rings. The van der Waals surface area contributed by atoms with Crippen molar-refractivity contribution in [1.82, 2.24) is 0 Å². The smallest absolute Gasteiger partial charge is 0.271 e. The van der Waals surface area contributed by atoms with Crippen molar-refractivity contribution in [1.29, 1.82) is 0 Å². The van der Waals surface area contributed by atoms with Gasteiger partial charge in [0.25, 0.3) is 11.6 Å². The first kappa shape index (κ1) is 13.7. The minimum Gasteiger partial charge on any atom is -0.326 e. The van der Waals surface area contributed by atoms with Crippen molar-refractivity contribution in [2.24, 2.45) is 5.73 Å². The van der Waals surface area contributed by atoms with Crippen LogP contribution in [0.5, 0.6) is 0 Å². The van der Waals surface area contributed by atoms with E-state index < -0.39 is 4.92 Å². The van der Waals surface area contributed by atoms with Gasteiger partial charge in [0.15, 0.2) is 0 Å². The molecule has 0 aromatic heterocycles. The summed E-state index contributed by atoms with van der Waals surface area (Å²) < 4.78 is 0. The van der Waals surface area contributed by atoms with Gasteiger partial charge in [-0.1, -0.05) is 24.3 Å². The Hall–Kier alpha value is -2.73. The quantitative estimate of drug-likeness (QED) is 0.658. The molecule has 3 N–H and O–H groups in total. The lowest BCUT2D eigenvalue weighted by Crippen LogP contribution is -2.15. The van der Waals surface area contributed by atoms with E-state index in [2.05, 4.69) is 5.32 Å². The number of nitro benzene ring substituents is 1. The van der Waals surface area contributed by atoms with Crippen LogP contribution in [0.3, 0.4) is 0 Å². The van der Waals surface area contributed by atoms with Crippen LogP contribution in [-0.4, -0.2) is 10.8 Å². The summed E-state index contributed by atoms with van der Waals surface area (Å²) in [5.41, 5.74) is 7.05. The Morgan fingerprint density at radius 1 is 1.20 bits per heavy atom. The number of amides is 1. The van der Waals surface area contributed by atoms with Gasteiger partial charge in [-0.3, -0.25) is 14.9 Å². The molecule has 2 rings (SSSR count). The van der Waals surface area contributed by atoms with Gasteiger partial charge in [0.1, 0.15) is 0 Å². The van der Waals surface area contributed by atoms with Gasteiger partial charge in [0.05, 0.1) is 4.92 Å². The summed E-state index contributed by atoms with van der Waals surface area (Å²) in [6.07, 6.45) is 0. The summed E-state index contributed by atoms with van der Waals surface area (Å²) in [6.45, 7) is 0.249. The summed E-state index contributed by atoms with van der Waals surface area (Å²) in [4.78, 5) is 22.3. The topological polar surface area (TPSA) is 98.3 Å². The van der Waals surface area contributed by atoms with Gasteiger partial charge in [-0.2, -0.15) is 0 Å². The minimum atomic E-state index is -0.510. The Morgan fingerprint density at radius 3 is 2.65 bits per heavy atom. The molecule has 0 aliphatic heterocycles. The van der Waals surface area contributed by atoms with Crippen molar-refractivity contribution >= 4 is 17.3 Å². The summed E-state index contributed by atoms with van der Waals surface area (Å²) in [5, 5.41) is 13.3. The van der Waals surface area contributed by atoms with E-state index in [9.17, 15) is 14.9 Å². The van der Waals surface area contributed by atoms with Crippen LogP contribution < -0.4 is 11.1 Å². The lowest BCUT2D eigenvalue weighted by atomic mass is 10.1. The van der Waals surface area contributed by atoms with E-state index in [4.69, 9.17) is 5.73 Å². The maximum absolute atomic E-state index is 12.1. The number of benzene rings is 2. The average molecular weight is 271 g/mol. The van der Waals surface area contributed by atoms with E-state index in [0.29, 0.717) is 11.3 Å². The van der Waals surface area contributed by atoms with Gasteiger partial charge < -0.3 is 11.1 Å². The monoisotopic (exact) mass is 271 g/mol. The molecule has 0 unspecified atom stereocenters. The Labute approximate surface area is 115 Å². The van der Waals surface area contributed by atoms with E-state index in [1.165, 1.54) is 18.2 Å². The third-order valence-electron chi connectivity index (χ3n) is 2.80. The van der Waals surface area contributed by atoms with Crippen LogP contribution in [0.15, 0.2) is 48.5 Å². The molecular formula is C14H13N3O3. The number of nitrogens with zero attached hydrogens (tertiary/aromatic N) is 1. The molecule has 102 valence electrons. The highest BCUT2D eigenvalue weighted by molar-refractivity contribution is 6.05. The Bertz CT molecular complexity index is 656. The number of carbonyl (C=O) groups is 1. The molecule has 0 saturated heterocycles. The molecule has 0 aliphatic carbocycles. The fourth-order valence-corrected chi connectivity index (χ4v) is 1.82. The molecule has 0 heterocycles. The molecule has 20 heavy (non-hydrogen) atoms. The average Bonchev–Trinajstić information content (AvgIpc) is 2.47. The molecular weight excluding hydrogens is 258 g/mol. The Kier molecular flexibility index (Phi) is 4.07. The van der Waals surface area contributed by atoms with Crippen molar-refractivity contribution in [2.45, 2.75) is 6.54 Å². The molecule has 0 atom stereocenters.